The Bertz CT molecular complexity index is 568. The van der Waals surface area contributed by atoms with E-state index < -0.39 is 0 Å². The molecule has 0 spiro atoms. The summed E-state index contributed by atoms with van der Waals surface area (Å²) >= 11 is 6.97. The first-order valence-corrected chi connectivity index (χ1v) is 6.94. The monoisotopic (exact) mass is 341 g/mol. The molecule has 0 saturated heterocycles. The minimum Gasteiger partial charge on any atom is -0.372 e. The van der Waals surface area contributed by atoms with Crippen molar-refractivity contribution in [2.45, 2.75) is 18.5 Å². The number of benzene rings is 1. The summed E-state index contributed by atoms with van der Waals surface area (Å²) in [4.78, 5) is 4.57. The fourth-order valence-electron chi connectivity index (χ4n) is 2.04. The number of aromatic nitrogens is 1. The van der Waals surface area contributed by atoms with Gasteiger partial charge in [0.25, 0.3) is 0 Å². The van der Waals surface area contributed by atoms with E-state index in [4.69, 9.17) is 4.74 Å². The zero-order valence-corrected chi connectivity index (χ0v) is 11.6. The first-order valence-electron chi connectivity index (χ1n) is 5.03. The first-order chi connectivity index (χ1) is 7.79. The van der Waals surface area contributed by atoms with Crippen LogP contribution < -0.4 is 0 Å². The smallest absolute Gasteiger partial charge is 0.112 e. The largest absolute Gasteiger partial charge is 0.372 e. The van der Waals surface area contributed by atoms with Crippen molar-refractivity contribution in [1.82, 2.24) is 4.98 Å². The SMILES string of the molecule is BrCc1ccc2c3c(c(Br)nc2c1)COC3. The molecule has 1 aliphatic heterocycles. The lowest BCUT2D eigenvalue weighted by molar-refractivity contribution is 0.134. The Morgan fingerprint density at radius 3 is 2.88 bits per heavy atom. The second-order valence-corrected chi connectivity index (χ2v) is 5.15. The Hall–Kier alpha value is -0.450. The Labute approximate surface area is 110 Å². The summed E-state index contributed by atoms with van der Waals surface area (Å²) in [7, 11) is 0. The molecule has 16 heavy (non-hydrogen) atoms. The van der Waals surface area contributed by atoms with Gasteiger partial charge in [-0.25, -0.2) is 4.98 Å². The van der Waals surface area contributed by atoms with Gasteiger partial charge in [-0.15, -0.1) is 0 Å². The van der Waals surface area contributed by atoms with Gasteiger partial charge >= 0.3 is 0 Å². The minimum atomic E-state index is 0.666. The molecule has 0 unspecified atom stereocenters. The molecular formula is C12H9Br2NO. The van der Waals surface area contributed by atoms with E-state index in [1.54, 1.807) is 0 Å². The normalized spacial score (nSPS) is 14.4. The molecule has 0 N–H and O–H groups in total. The fraction of sp³-hybridized carbons (Fsp3) is 0.250. The third-order valence-corrected chi connectivity index (χ3v) is 4.17. The molecule has 1 aromatic heterocycles. The number of alkyl halides is 1. The third kappa shape index (κ3) is 1.60. The molecule has 1 aliphatic rings. The molecule has 2 aromatic rings. The van der Waals surface area contributed by atoms with Crippen LogP contribution >= 0.6 is 31.9 Å². The van der Waals surface area contributed by atoms with Crippen molar-refractivity contribution < 1.29 is 4.74 Å². The Morgan fingerprint density at radius 1 is 1.25 bits per heavy atom. The molecule has 0 radical (unpaired) electrons. The summed E-state index contributed by atoms with van der Waals surface area (Å²) in [5.74, 6) is 0. The first kappa shape index (κ1) is 10.7. The summed E-state index contributed by atoms with van der Waals surface area (Å²) in [6, 6.07) is 6.39. The minimum absolute atomic E-state index is 0.666. The lowest BCUT2D eigenvalue weighted by Crippen LogP contribution is -1.92. The average Bonchev–Trinajstić information content (AvgIpc) is 2.78. The summed E-state index contributed by atoms with van der Waals surface area (Å²) < 4.78 is 6.40. The second-order valence-electron chi connectivity index (χ2n) is 3.84. The van der Waals surface area contributed by atoms with E-state index >= 15 is 0 Å². The quantitative estimate of drug-likeness (QED) is 0.578. The van der Waals surface area contributed by atoms with Crippen molar-refractivity contribution in [3.05, 3.63) is 39.5 Å². The van der Waals surface area contributed by atoms with Crippen LogP contribution in [0.1, 0.15) is 16.7 Å². The molecular weight excluding hydrogens is 334 g/mol. The van der Waals surface area contributed by atoms with Gasteiger partial charge in [-0.2, -0.15) is 0 Å². The molecule has 0 atom stereocenters. The molecule has 2 heterocycles. The van der Waals surface area contributed by atoms with Crippen molar-refractivity contribution in [3.63, 3.8) is 0 Å². The summed E-state index contributed by atoms with van der Waals surface area (Å²) in [6.07, 6.45) is 0. The summed E-state index contributed by atoms with van der Waals surface area (Å²) in [6.45, 7) is 1.36. The molecule has 3 rings (SSSR count). The number of pyridine rings is 1. The van der Waals surface area contributed by atoms with E-state index in [1.165, 1.54) is 22.1 Å². The Balaban J connectivity index is 2.33. The van der Waals surface area contributed by atoms with Crippen LogP contribution in [0.25, 0.3) is 10.9 Å². The van der Waals surface area contributed by atoms with Gasteiger partial charge in [-0.05, 0) is 33.1 Å². The van der Waals surface area contributed by atoms with E-state index in [1.807, 2.05) is 0 Å². The Kier molecular flexibility index (Phi) is 2.73. The maximum absolute atomic E-state index is 5.48. The van der Waals surface area contributed by atoms with Crippen LogP contribution in [0.4, 0.5) is 0 Å². The van der Waals surface area contributed by atoms with Gasteiger partial charge in [-0.3, -0.25) is 0 Å². The number of rotatable bonds is 1. The van der Waals surface area contributed by atoms with Gasteiger partial charge in [0.15, 0.2) is 0 Å². The van der Waals surface area contributed by atoms with E-state index in [-0.39, 0.29) is 0 Å². The lowest BCUT2D eigenvalue weighted by atomic mass is 10.0. The molecule has 82 valence electrons. The topological polar surface area (TPSA) is 22.1 Å². The standard InChI is InChI=1S/C12H9Br2NO/c13-4-7-1-2-8-9-5-16-6-10(9)12(14)15-11(8)3-7/h1-3H,4-6H2. The predicted octanol–water partition coefficient (Wildman–Crippen LogP) is 3.92. The van der Waals surface area contributed by atoms with Crippen LogP contribution in [0.3, 0.4) is 0 Å². The van der Waals surface area contributed by atoms with E-state index in [0.717, 1.165) is 15.4 Å². The van der Waals surface area contributed by atoms with E-state index in [2.05, 4.69) is 55.0 Å². The molecule has 0 bridgehead atoms. The van der Waals surface area contributed by atoms with Crippen LogP contribution in [-0.2, 0) is 23.3 Å². The molecule has 4 heteroatoms. The van der Waals surface area contributed by atoms with Crippen molar-refractivity contribution in [2.24, 2.45) is 0 Å². The highest BCUT2D eigenvalue weighted by Crippen LogP contribution is 2.32. The van der Waals surface area contributed by atoms with Crippen molar-refractivity contribution >= 4 is 42.8 Å². The summed E-state index contributed by atoms with van der Waals surface area (Å²) in [5, 5.41) is 2.07. The molecule has 0 aliphatic carbocycles. The Morgan fingerprint density at radius 2 is 2.06 bits per heavy atom. The predicted molar refractivity (Wildman–Crippen MR) is 70.6 cm³/mol. The zero-order chi connectivity index (χ0) is 11.1. The van der Waals surface area contributed by atoms with Crippen LogP contribution in [-0.4, -0.2) is 4.98 Å². The van der Waals surface area contributed by atoms with E-state index in [0.29, 0.717) is 13.2 Å². The highest BCUT2D eigenvalue weighted by atomic mass is 79.9. The maximum atomic E-state index is 5.48. The van der Waals surface area contributed by atoms with Gasteiger partial charge in [0.1, 0.15) is 4.60 Å². The van der Waals surface area contributed by atoms with Gasteiger partial charge in [-0.1, -0.05) is 28.1 Å². The lowest BCUT2D eigenvalue weighted by Gasteiger charge is -2.06. The van der Waals surface area contributed by atoms with Gasteiger partial charge in [0, 0.05) is 16.3 Å². The van der Waals surface area contributed by atoms with Crippen molar-refractivity contribution in [2.75, 3.05) is 0 Å². The highest BCUT2D eigenvalue weighted by Gasteiger charge is 2.18. The van der Waals surface area contributed by atoms with E-state index in [9.17, 15) is 0 Å². The highest BCUT2D eigenvalue weighted by molar-refractivity contribution is 9.10. The maximum Gasteiger partial charge on any atom is 0.112 e. The van der Waals surface area contributed by atoms with Gasteiger partial charge in [0.2, 0.25) is 0 Å². The zero-order valence-electron chi connectivity index (χ0n) is 8.46. The fourth-order valence-corrected chi connectivity index (χ4v) is 2.93. The number of hydrogen-bond acceptors (Lipinski definition) is 2. The van der Waals surface area contributed by atoms with Crippen molar-refractivity contribution in [3.8, 4) is 0 Å². The average molecular weight is 343 g/mol. The summed E-state index contributed by atoms with van der Waals surface area (Å²) in [5.41, 5.74) is 4.75. The number of ether oxygens (including phenoxy) is 1. The van der Waals surface area contributed by atoms with Crippen LogP contribution in [0.5, 0.6) is 0 Å². The molecule has 1 aromatic carbocycles. The van der Waals surface area contributed by atoms with Gasteiger partial charge < -0.3 is 4.74 Å². The van der Waals surface area contributed by atoms with Crippen LogP contribution in [0.2, 0.25) is 0 Å². The van der Waals surface area contributed by atoms with Crippen molar-refractivity contribution in [1.29, 1.82) is 0 Å². The van der Waals surface area contributed by atoms with Gasteiger partial charge in [0.05, 0.1) is 18.7 Å². The molecule has 0 saturated carbocycles. The molecule has 0 amide bonds. The van der Waals surface area contributed by atoms with Crippen LogP contribution in [0.15, 0.2) is 22.8 Å². The molecule has 2 nitrogen and oxygen atoms in total. The number of nitrogens with zero attached hydrogens (tertiary/aromatic N) is 1. The third-order valence-electron chi connectivity index (χ3n) is 2.87. The second kappa shape index (κ2) is 4.09. The number of hydrogen-bond donors (Lipinski definition) is 0. The number of halogens is 2. The number of fused-ring (bicyclic) bond motifs is 3. The molecule has 0 fully saturated rings. The van der Waals surface area contributed by atoms with Crippen LogP contribution in [0, 0.1) is 0 Å².